The molecule has 0 amide bonds. The van der Waals surface area contributed by atoms with Crippen LogP contribution in [0.2, 0.25) is 0 Å². The van der Waals surface area contributed by atoms with Crippen LogP contribution in [0.25, 0.3) is 0 Å². The molecule has 2 unspecified atom stereocenters. The van der Waals surface area contributed by atoms with Gasteiger partial charge in [0.2, 0.25) is 0 Å². The molecule has 0 saturated heterocycles. The van der Waals surface area contributed by atoms with Crippen LogP contribution >= 0.6 is 0 Å². The average Bonchev–Trinajstić information content (AvgIpc) is 2.64. The van der Waals surface area contributed by atoms with Crippen molar-refractivity contribution >= 4 is 5.78 Å². The molecule has 0 saturated carbocycles. The van der Waals surface area contributed by atoms with E-state index in [9.17, 15) is 4.79 Å². The first-order valence-electron chi connectivity index (χ1n) is 8.93. The Bertz CT molecular complexity index is 722. The van der Waals surface area contributed by atoms with Crippen LogP contribution in [0.15, 0.2) is 23.4 Å². The molecular formula is C20H25NO3. The summed E-state index contributed by atoms with van der Waals surface area (Å²) in [5.74, 6) is 1.88. The van der Waals surface area contributed by atoms with Crippen LogP contribution in [0, 0.1) is 5.92 Å². The van der Waals surface area contributed by atoms with Gasteiger partial charge in [0.05, 0.1) is 20.3 Å². The number of fused-ring (bicyclic) bond motifs is 4. The lowest BCUT2D eigenvalue weighted by molar-refractivity contribution is -0.122. The predicted octanol–water partition coefficient (Wildman–Crippen LogP) is 3.65. The number of allylic oxidation sites excluding steroid dienone is 2. The maximum atomic E-state index is 13.0. The summed E-state index contributed by atoms with van der Waals surface area (Å²) in [7, 11) is 3.34. The molecule has 2 atom stereocenters. The van der Waals surface area contributed by atoms with E-state index in [0.29, 0.717) is 5.78 Å². The molecule has 0 fully saturated rings. The molecule has 1 aliphatic carbocycles. The first kappa shape index (κ1) is 15.6. The number of ether oxygens (including phenoxy) is 2. The van der Waals surface area contributed by atoms with Crippen molar-refractivity contribution in [3.05, 3.63) is 34.5 Å². The highest BCUT2D eigenvalue weighted by Crippen LogP contribution is 2.48. The molecule has 128 valence electrons. The van der Waals surface area contributed by atoms with E-state index in [1.807, 2.05) is 0 Å². The molecule has 4 rings (SSSR count). The van der Waals surface area contributed by atoms with Gasteiger partial charge in [0.1, 0.15) is 0 Å². The van der Waals surface area contributed by atoms with Gasteiger partial charge in [-0.05, 0) is 55.4 Å². The van der Waals surface area contributed by atoms with Crippen LogP contribution in [0.1, 0.15) is 49.8 Å². The normalized spacial score (nSPS) is 25.8. The maximum absolute atomic E-state index is 13.0. The van der Waals surface area contributed by atoms with E-state index < -0.39 is 0 Å². The predicted molar refractivity (Wildman–Crippen MR) is 92.4 cm³/mol. The smallest absolute Gasteiger partial charge is 0.165 e. The molecule has 4 nitrogen and oxygen atoms in total. The molecule has 1 aromatic rings. The van der Waals surface area contributed by atoms with E-state index in [2.05, 4.69) is 24.0 Å². The van der Waals surface area contributed by atoms with Gasteiger partial charge in [0, 0.05) is 23.7 Å². The van der Waals surface area contributed by atoms with Crippen molar-refractivity contribution in [2.45, 2.75) is 45.1 Å². The van der Waals surface area contributed by atoms with Gasteiger partial charge in [0.25, 0.3) is 0 Å². The Kier molecular flexibility index (Phi) is 3.78. The van der Waals surface area contributed by atoms with Crippen LogP contribution in [0.4, 0.5) is 0 Å². The van der Waals surface area contributed by atoms with Crippen molar-refractivity contribution in [3.8, 4) is 11.5 Å². The van der Waals surface area contributed by atoms with Crippen molar-refractivity contribution in [1.29, 1.82) is 0 Å². The minimum Gasteiger partial charge on any atom is -0.493 e. The summed E-state index contributed by atoms with van der Waals surface area (Å²) < 4.78 is 11.0. The summed E-state index contributed by atoms with van der Waals surface area (Å²) in [5.41, 5.74) is 4.94. The van der Waals surface area contributed by atoms with E-state index in [-0.39, 0.29) is 12.0 Å². The van der Waals surface area contributed by atoms with Gasteiger partial charge in [-0.15, -0.1) is 0 Å². The third-order valence-corrected chi connectivity index (χ3v) is 5.89. The van der Waals surface area contributed by atoms with E-state index in [4.69, 9.17) is 9.47 Å². The summed E-state index contributed by atoms with van der Waals surface area (Å²) in [6.45, 7) is 3.08. The SMILES string of the molecule is COc1cc2c(cc1OC)C1C(C)C(=O)C3=C(CCCC3)N1CC2. The number of ketones is 1. The molecule has 1 aromatic carbocycles. The van der Waals surface area contributed by atoms with Crippen molar-refractivity contribution in [3.63, 3.8) is 0 Å². The van der Waals surface area contributed by atoms with Gasteiger partial charge in [0.15, 0.2) is 17.3 Å². The molecule has 24 heavy (non-hydrogen) atoms. The fourth-order valence-electron chi connectivity index (χ4n) is 4.71. The average molecular weight is 327 g/mol. The zero-order chi connectivity index (χ0) is 16.8. The van der Waals surface area contributed by atoms with Crippen LogP contribution in [0.3, 0.4) is 0 Å². The third-order valence-electron chi connectivity index (χ3n) is 5.89. The first-order valence-corrected chi connectivity index (χ1v) is 8.93. The monoisotopic (exact) mass is 327 g/mol. The maximum Gasteiger partial charge on any atom is 0.165 e. The molecule has 0 bridgehead atoms. The molecule has 0 aromatic heterocycles. The van der Waals surface area contributed by atoms with E-state index in [1.165, 1.54) is 23.2 Å². The van der Waals surface area contributed by atoms with Crippen LogP contribution < -0.4 is 9.47 Å². The van der Waals surface area contributed by atoms with Crippen molar-refractivity contribution < 1.29 is 14.3 Å². The zero-order valence-corrected chi connectivity index (χ0v) is 14.7. The largest absolute Gasteiger partial charge is 0.493 e. The second kappa shape index (κ2) is 5.83. The van der Waals surface area contributed by atoms with Gasteiger partial charge in [-0.3, -0.25) is 4.79 Å². The molecule has 2 aliphatic heterocycles. The molecule has 3 aliphatic rings. The fraction of sp³-hybridized carbons (Fsp3) is 0.550. The van der Waals surface area contributed by atoms with Gasteiger partial charge >= 0.3 is 0 Å². The number of carbonyl (C=O) groups excluding carboxylic acids is 1. The van der Waals surface area contributed by atoms with E-state index >= 15 is 0 Å². The minimum atomic E-state index is -0.000925. The number of benzene rings is 1. The molecule has 0 radical (unpaired) electrons. The Morgan fingerprint density at radius 2 is 1.75 bits per heavy atom. The summed E-state index contributed by atoms with van der Waals surface area (Å²) >= 11 is 0. The quantitative estimate of drug-likeness (QED) is 0.831. The minimum absolute atomic E-state index is 0.000925. The Morgan fingerprint density at radius 3 is 2.50 bits per heavy atom. The number of nitrogens with zero attached hydrogens (tertiary/aromatic N) is 1. The first-order chi connectivity index (χ1) is 11.7. The second-order valence-corrected chi connectivity index (χ2v) is 7.08. The number of hydrogen-bond donors (Lipinski definition) is 0. The van der Waals surface area contributed by atoms with Crippen LogP contribution in [-0.4, -0.2) is 31.4 Å². The highest BCUT2D eigenvalue weighted by atomic mass is 16.5. The summed E-state index contributed by atoms with van der Waals surface area (Å²) in [4.78, 5) is 15.5. The lowest BCUT2D eigenvalue weighted by Gasteiger charge is -2.48. The van der Waals surface area contributed by atoms with E-state index in [1.54, 1.807) is 14.2 Å². The number of rotatable bonds is 2. The van der Waals surface area contributed by atoms with Gasteiger partial charge < -0.3 is 14.4 Å². The summed E-state index contributed by atoms with van der Waals surface area (Å²) in [5, 5.41) is 0. The lowest BCUT2D eigenvalue weighted by atomic mass is 9.75. The molecule has 2 heterocycles. The summed E-state index contributed by atoms with van der Waals surface area (Å²) in [6.07, 6.45) is 5.34. The van der Waals surface area contributed by atoms with Crippen LogP contribution in [0.5, 0.6) is 11.5 Å². The van der Waals surface area contributed by atoms with Gasteiger partial charge in [-0.2, -0.15) is 0 Å². The fourth-order valence-corrected chi connectivity index (χ4v) is 4.71. The Hall–Kier alpha value is -1.97. The lowest BCUT2D eigenvalue weighted by Crippen LogP contribution is -2.46. The van der Waals surface area contributed by atoms with Gasteiger partial charge in [-0.1, -0.05) is 6.92 Å². The van der Waals surface area contributed by atoms with Crippen LogP contribution in [-0.2, 0) is 11.2 Å². The highest BCUT2D eigenvalue weighted by molar-refractivity contribution is 5.99. The van der Waals surface area contributed by atoms with Gasteiger partial charge in [-0.25, -0.2) is 0 Å². The number of Topliss-reactive ketones (excluding diaryl/α,β-unsaturated/α-hetero) is 1. The molecule has 4 heteroatoms. The molecule has 0 N–H and O–H groups in total. The van der Waals surface area contributed by atoms with E-state index in [0.717, 1.165) is 49.3 Å². The third kappa shape index (κ3) is 2.15. The standard InChI is InChI=1S/C20H25NO3/c1-12-19-15-11-18(24-3)17(23-2)10-13(15)8-9-21(19)16-7-5-4-6-14(16)20(12)22/h10-12,19H,4-9H2,1-3H3. The topological polar surface area (TPSA) is 38.8 Å². The Morgan fingerprint density at radius 1 is 1.04 bits per heavy atom. The van der Waals surface area contributed by atoms with Crippen molar-refractivity contribution in [2.75, 3.05) is 20.8 Å². The molecular weight excluding hydrogens is 302 g/mol. The summed E-state index contributed by atoms with van der Waals surface area (Å²) in [6, 6.07) is 4.31. The number of hydrogen-bond acceptors (Lipinski definition) is 4. The second-order valence-electron chi connectivity index (χ2n) is 7.08. The molecule has 0 spiro atoms. The zero-order valence-electron chi connectivity index (χ0n) is 14.7. The van der Waals surface area contributed by atoms with Crippen molar-refractivity contribution in [1.82, 2.24) is 4.90 Å². The van der Waals surface area contributed by atoms with Crippen molar-refractivity contribution in [2.24, 2.45) is 5.92 Å². The Balaban J connectivity index is 1.84. The Labute approximate surface area is 143 Å². The number of carbonyl (C=O) groups is 1. The highest BCUT2D eigenvalue weighted by Gasteiger charge is 2.43. The number of methoxy groups -OCH3 is 2.